The topological polar surface area (TPSA) is 21.3 Å². The molecule has 1 aromatic rings. The van der Waals surface area contributed by atoms with Gasteiger partial charge >= 0.3 is 0 Å². The zero-order chi connectivity index (χ0) is 15.1. The summed E-state index contributed by atoms with van der Waals surface area (Å²) < 4.78 is 6.16. The van der Waals surface area contributed by atoms with Crippen molar-refractivity contribution in [3.8, 4) is 0 Å². The van der Waals surface area contributed by atoms with E-state index in [1.807, 2.05) is 0 Å². The van der Waals surface area contributed by atoms with Crippen LogP contribution in [0.5, 0.6) is 0 Å². The molecule has 0 spiro atoms. The Labute approximate surface area is 130 Å². The summed E-state index contributed by atoms with van der Waals surface area (Å²) in [5, 5.41) is 3.73. The Morgan fingerprint density at radius 2 is 2.05 bits per heavy atom. The highest BCUT2D eigenvalue weighted by molar-refractivity contribution is 5.31. The highest BCUT2D eigenvalue weighted by Gasteiger charge is 2.27. The minimum Gasteiger partial charge on any atom is -0.372 e. The van der Waals surface area contributed by atoms with Crippen LogP contribution in [-0.4, -0.2) is 19.2 Å². The number of hydrogen-bond acceptors (Lipinski definition) is 2. The maximum Gasteiger partial charge on any atom is 0.0980 e. The molecule has 0 bridgehead atoms. The zero-order valence-electron chi connectivity index (χ0n) is 13.9. The van der Waals surface area contributed by atoms with Crippen molar-refractivity contribution < 1.29 is 4.74 Å². The number of rotatable bonds is 8. The van der Waals surface area contributed by atoms with E-state index < -0.39 is 0 Å². The molecule has 2 unspecified atom stereocenters. The van der Waals surface area contributed by atoms with Gasteiger partial charge in [-0.15, -0.1) is 0 Å². The van der Waals surface area contributed by atoms with Crippen LogP contribution in [0.3, 0.4) is 0 Å². The maximum atomic E-state index is 6.16. The summed E-state index contributed by atoms with van der Waals surface area (Å²) in [6, 6.07) is 9.25. The molecular formula is C19H31NO. The Balaban J connectivity index is 2.05. The van der Waals surface area contributed by atoms with E-state index in [0.717, 1.165) is 25.5 Å². The van der Waals surface area contributed by atoms with Gasteiger partial charge in [0.15, 0.2) is 0 Å². The smallest absolute Gasteiger partial charge is 0.0980 e. The molecule has 21 heavy (non-hydrogen) atoms. The molecule has 0 saturated carbocycles. The highest BCUT2D eigenvalue weighted by atomic mass is 16.5. The van der Waals surface area contributed by atoms with Crippen LogP contribution in [0, 0.1) is 5.92 Å². The van der Waals surface area contributed by atoms with E-state index >= 15 is 0 Å². The third kappa shape index (κ3) is 4.82. The Kier molecular flexibility index (Phi) is 6.72. The van der Waals surface area contributed by atoms with Crippen LogP contribution < -0.4 is 5.32 Å². The largest absolute Gasteiger partial charge is 0.372 e. The molecule has 118 valence electrons. The van der Waals surface area contributed by atoms with Crippen molar-refractivity contribution in [2.45, 2.75) is 65.0 Å². The average molecular weight is 289 g/mol. The van der Waals surface area contributed by atoms with Gasteiger partial charge in [0, 0.05) is 6.04 Å². The number of fused-ring (bicyclic) bond motifs is 1. The van der Waals surface area contributed by atoms with E-state index in [1.165, 1.54) is 36.8 Å². The minimum absolute atomic E-state index is 0.230. The summed E-state index contributed by atoms with van der Waals surface area (Å²) in [4.78, 5) is 0. The van der Waals surface area contributed by atoms with Crippen LogP contribution in [0.25, 0.3) is 0 Å². The van der Waals surface area contributed by atoms with Gasteiger partial charge in [-0.1, -0.05) is 57.9 Å². The normalized spacial score (nSPS) is 19.5. The molecule has 0 fully saturated rings. The van der Waals surface area contributed by atoms with E-state index in [2.05, 4.69) is 50.4 Å². The van der Waals surface area contributed by atoms with Crippen LogP contribution in [0.1, 0.15) is 63.7 Å². The molecule has 1 aliphatic rings. The van der Waals surface area contributed by atoms with Gasteiger partial charge < -0.3 is 10.1 Å². The second-order valence-electron chi connectivity index (χ2n) is 6.63. The van der Waals surface area contributed by atoms with Crippen molar-refractivity contribution in [2.75, 3.05) is 13.2 Å². The Morgan fingerprint density at radius 1 is 1.24 bits per heavy atom. The number of ether oxygens (including phenoxy) is 1. The summed E-state index contributed by atoms with van der Waals surface area (Å²) >= 11 is 0. The Bertz CT molecular complexity index is 416. The fraction of sp³-hybridized carbons (Fsp3) is 0.684. The highest BCUT2D eigenvalue weighted by Crippen LogP contribution is 2.31. The van der Waals surface area contributed by atoms with Crippen molar-refractivity contribution in [3.63, 3.8) is 0 Å². The van der Waals surface area contributed by atoms with Crippen molar-refractivity contribution in [3.05, 3.63) is 35.4 Å². The van der Waals surface area contributed by atoms with Crippen LogP contribution >= 0.6 is 0 Å². The molecule has 1 N–H and O–H groups in total. The lowest BCUT2D eigenvalue weighted by Crippen LogP contribution is -2.39. The standard InChI is InChI=1S/C19H31NO/c1-4-13-20-18(11-7-8-15(2)3)19-17-10-6-5-9-16(17)12-14-21-19/h5-6,9-10,15,18-20H,4,7-8,11-14H2,1-3H3. The Hall–Kier alpha value is -0.860. The van der Waals surface area contributed by atoms with E-state index in [9.17, 15) is 0 Å². The lowest BCUT2D eigenvalue weighted by Gasteiger charge is -2.33. The average Bonchev–Trinajstić information content (AvgIpc) is 2.50. The number of nitrogens with one attached hydrogen (secondary N) is 1. The van der Waals surface area contributed by atoms with Crippen molar-refractivity contribution in [2.24, 2.45) is 5.92 Å². The Morgan fingerprint density at radius 3 is 2.81 bits per heavy atom. The molecule has 1 heterocycles. The second-order valence-corrected chi connectivity index (χ2v) is 6.63. The number of hydrogen-bond donors (Lipinski definition) is 1. The molecule has 2 heteroatoms. The van der Waals surface area contributed by atoms with Crippen molar-refractivity contribution in [1.82, 2.24) is 5.32 Å². The van der Waals surface area contributed by atoms with Gasteiger partial charge in [0.25, 0.3) is 0 Å². The van der Waals surface area contributed by atoms with Gasteiger partial charge in [-0.3, -0.25) is 0 Å². The third-order valence-corrected chi connectivity index (χ3v) is 4.35. The van der Waals surface area contributed by atoms with Crippen molar-refractivity contribution in [1.29, 1.82) is 0 Å². The van der Waals surface area contributed by atoms with E-state index in [0.29, 0.717) is 6.04 Å². The summed E-state index contributed by atoms with van der Waals surface area (Å²) in [6.07, 6.45) is 6.25. The first-order chi connectivity index (χ1) is 10.2. The van der Waals surface area contributed by atoms with Crippen molar-refractivity contribution >= 4 is 0 Å². The van der Waals surface area contributed by atoms with Crippen LogP contribution in [-0.2, 0) is 11.2 Å². The first kappa shape index (κ1) is 16.5. The van der Waals surface area contributed by atoms with E-state index in [-0.39, 0.29) is 6.10 Å². The lowest BCUT2D eigenvalue weighted by molar-refractivity contribution is 0.0125. The van der Waals surface area contributed by atoms with Crippen LogP contribution in [0.4, 0.5) is 0 Å². The minimum atomic E-state index is 0.230. The fourth-order valence-corrected chi connectivity index (χ4v) is 3.19. The molecule has 1 aromatic carbocycles. The molecule has 2 rings (SSSR count). The van der Waals surface area contributed by atoms with Gasteiger partial charge in [0.1, 0.15) is 0 Å². The number of benzene rings is 1. The summed E-state index contributed by atoms with van der Waals surface area (Å²) in [5.74, 6) is 0.788. The van der Waals surface area contributed by atoms with Gasteiger partial charge in [-0.25, -0.2) is 0 Å². The maximum absolute atomic E-state index is 6.16. The van der Waals surface area contributed by atoms with Gasteiger partial charge in [-0.2, -0.15) is 0 Å². The van der Waals surface area contributed by atoms with Crippen LogP contribution in [0.15, 0.2) is 24.3 Å². The molecular weight excluding hydrogens is 258 g/mol. The lowest BCUT2D eigenvalue weighted by atomic mass is 9.90. The molecule has 2 atom stereocenters. The molecule has 2 nitrogen and oxygen atoms in total. The molecule has 0 radical (unpaired) electrons. The van der Waals surface area contributed by atoms with Crippen LogP contribution in [0.2, 0.25) is 0 Å². The van der Waals surface area contributed by atoms with Gasteiger partial charge in [0.05, 0.1) is 12.7 Å². The predicted molar refractivity (Wildman–Crippen MR) is 89.6 cm³/mol. The second kappa shape index (κ2) is 8.55. The monoisotopic (exact) mass is 289 g/mol. The third-order valence-electron chi connectivity index (χ3n) is 4.35. The zero-order valence-corrected chi connectivity index (χ0v) is 13.9. The molecule has 0 aromatic heterocycles. The van der Waals surface area contributed by atoms with Gasteiger partial charge in [-0.05, 0) is 42.9 Å². The van der Waals surface area contributed by atoms with E-state index in [4.69, 9.17) is 4.74 Å². The van der Waals surface area contributed by atoms with Gasteiger partial charge in [0.2, 0.25) is 0 Å². The fourth-order valence-electron chi connectivity index (χ4n) is 3.19. The van der Waals surface area contributed by atoms with E-state index in [1.54, 1.807) is 0 Å². The predicted octanol–water partition coefficient (Wildman–Crippen LogP) is 4.49. The molecule has 0 aliphatic carbocycles. The quantitative estimate of drug-likeness (QED) is 0.761. The molecule has 0 amide bonds. The first-order valence-corrected chi connectivity index (χ1v) is 8.65. The molecule has 0 saturated heterocycles. The summed E-state index contributed by atoms with van der Waals surface area (Å²) in [5.41, 5.74) is 2.88. The summed E-state index contributed by atoms with van der Waals surface area (Å²) in [7, 11) is 0. The molecule has 1 aliphatic heterocycles. The summed E-state index contributed by atoms with van der Waals surface area (Å²) in [6.45, 7) is 8.78. The SMILES string of the molecule is CCCNC(CCCC(C)C)C1OCCc2ccccc21. The first-order valence-electron chi connectivity index (χ1n) is 8.65.